The number of nitrogens with zero attached hydrogens (tertiary/aromatic N) is 3. The second kappa shape index (κ2) is 7.42. The summed E-state index contributed by atoms with van der Waals surface area (Å²) in [5.41, 5.74) is 1.09. The Bertz CT molecular complexity index is 490. The Morgan fingerprint density at radius 1 is 1.27 bits per heavy atom. The van der Waals surface area contributed by atoms with Crippen LogP contribution in [0.3, 0.4) is 0 Å². The SMILES string of the molecule is Cc1csc(N2CCN(CC(=O)NC3CCCCC3)CC2)n1. The van der Waals surface area contributed by atoms with E-state index in [0.717, 1.165) is 49.8 Å². The molecule has 0 unspecified atom stereocenters. The summed E-state index contributed by atoms with van der Waals surface area (Å²) in [5.74, 6) is 0.199. The number of thiazole rings is 1. The first-order valence-electron chi connectivity index (χ1n) is 8.39. The molecular formula is C16H26N4OS. The predicted octanol–water partition coefficient (Wildman–Crippen LogP) is 2.02. The standard InChI is InChI=1S/C16H26N4OS/c1-13-12-22-16(17-13)20-9-7-19(8-10-20)11-15(21)18-14-5-3-2-4-6-14/h12,14H,2-11H2,1H3,(H,18,21). The van der Waals surface area contributed by atoms with Gasteiger partial charge in [-0.3, -0.25) is 9.69 Å². The number of carbonyl (C=O) groups excluding carboxylic acids is 1. The largest absolute Gasteiger partial charge is 0.352 e. The van der Waals surface area contributed by atoms with E-state index in [-0.39, 0.29) is 5.91 Å². The maximum Gasteiger partial charge on any atom is 0.234 e. The van der Waals surface area contributed by atoms with Gasteiger partial charge in [-0.15, -0.1) is 11.3 Å². The van der Waals surface area contributed by atoms with Gasteiger partial charge in [0.15, 0.2) is 5.13 Å². The normalized spacial score (nSPS) is 21.0. The number of piperazine rings is 1. The van der Waals surface area contributed by atoms with Crippen molar-refractivity contribution < 1.29 is 4.79 Å². The van der Waals surface area contributed by atoms with Crippen molar-refractivity contribution in [3.8, 4) is 0 Å². The van der Waals surface area contributed by atoms with Gasteiger partial charge in [0.1, 0.15) is 0 Å². The number of aryl methyl sites for hydroxylation is 1. The van der Waals surface area contributed by atoms with Crippen LogP contribution in [0.1, 0.15) is 37.8 Å². The summed E-state index contributed by atoms with van der Waals surface area (Å²) in [6, 6.07) is 0.417. The molecule has 0 atom stereocenters. The van der Waals surface area contributed by atoms with Crippen LogP contribution in [0.25, 0.3) is 0 Å². The van der Waals surface area contributed by atoms with Crippen molar-refractivity contribution in [1.29, 1.82) is 0 Å². The third-order valence-corrected chi connectivity index (χ3v) is 5.61. The van der Waals surface area contributed by atoms with Crippen molar-refractivity contribution in [3.05, 3.63) is 11.1 Å². The summed E-state index contributed by atoms with van der Waals surface area (Å²) in [7, 11) is 0. The lowest BCUT2D eigenvalue weighted by molar-refractivity contribution is -0.123. The van der Waals surface area contributed by atoms with Gasteiger partial charge in [-0.2, -0.15) is 0 Å². The summed E-state index contributed by atoms with van der Waals surface area (Å²) in [5, 5.41) is 6.42. The summed E-state index contributed by atoms with van der Waals surface area (Å²) in [4.78, 5) is 21.3. The maximum atomic E-state index is 12.2. The number of hydrogen-bond acceptors (Lipinski definition) is 5. The van der Waals surface area contributed by atoms with E-state index in [4.69, 9.17) is 0 Å². The minimum Gasteiger partial charge on any atom is -0.352 e. The number of anilines is 1. The van der Waals surface area contributed by atoms with E-state index in [0.29, 0.717) is 12.6 Å². The number of nitrogens with one attached hydrogen (secondary N) is 1. The first-order chi connectivity index (χ1) is 10.7. The van der Waals surface area contributed by atoms with Gasteiger partial charge < -0.3 is 10.2 Å². The topological polar surface area (TPSA) is 48.5 Å². The molecule has 3 rings (SSSR count). The third-order valence-electron chi connectivity index (χ3n) is 4.59. The van der Waals surface area contributed by atoms with Gasteiger partial charge in [0, 0.05) is 37.6 Å². The number of aromatic nitrogens is 1. The highest BCUT2D eigenvalue weighted by molar-refractivity contribution is 7.13. The Morgan fingerprint density at radius 3 is 2.64 bits per heavy atom. The van der Waals surface area contributed by atoms with Crippen LogP contribution in [-0.2, 0) is 4.79 Å². The molecule has 1 aromatic heterocycles. The lowest BCUT2D eigenvalue weighted by Crippen LogP contribution is -2.50. The van der Waals surface area contributed by atoms with E-state index in [1.807, 2.05) is 6.92 Å². The fourth-order valence-corrected chi connectivity index (χ4v) is 4.16. The molecule has 2 fully saturated rings. The van der Waals surface area contributed by atoms with Crippen LogP contribution >= 0.6 is 11.3 Å². The molecule has 22 heavy (non-hydrogen) atoms. The quantitative estimate of drug-likeness (QED) is 0.921. The van der Waals surface area contributed by atoms with E-state index >= 15 is 0 Å². The fraction of sp³-hybridized carbons (Fsp3) is 0.750. The Kier molecular flexibility index (Phi) is 5.31. The maximum absolute atomic E-state index is 12.2. The summed E-state index contributed by atoms with van der Waals surface area (Å²) in [6.45, 7) is 6.38. The van der Waals surface area contributed by atoms with Crippen LogP contribution in [0.5, 0.6) is 0 Å². The predicted molar refractivity (Wildman–Crippen MR) is 90.5 cm³/mol. The summed E-state index contributed by atoms with van der Waals surface area (Å²) < 4.78 is 0. The average Bonchev–Trinajstić information content (AvgIpc) is 2.95. The number of carbonyl (C=O) groups is 1. The van der Waals surface area contributed by atoms with Crippen molar-refractivity contribution in [2.45, 2.75) is 45.1 Å². The van der Waals surface area contributed by atoms with Crippen molar-refractivity contribution in [2.75, 3.05) is 37.6 Å². The second-order valence-corrected chi connectivity index (χ2v) is 7.27. The van der Waals surface area contributed by atoms with Crippen LogP contribution in [-0.4, -0.2) is 54.6 Å². The highest BCUT2D eigenvalue weighted by atomic mass is 32.1. The van der Waals surface area contributed by atoms with Gasteiger partial charge in [0.05, 0.1) is 12.2 Å². The summed E-state index contributed by atoms with van der Waals surface area (Å²) in [6.07, 6.45) is 6.16. The van der Waals surface area contributed by atoms with E-state index in [2.05, 4.69) is 25.5 Å². The zero-order valence-corrected chi connectivity index (χ0v) is 14.2. The number of rotatable bonds is 4. The molecule has 1 aliphatic heterocycles. The molecule has 0 aromatic carbocycles. The van der Waals surface area contributed by atoms with Gasteiger partial charge in [-0.1, -0.05) is 19.3 Å². The van der Waals surface area contributed by atoms with Gasteiger partial charge in [-0.05, 0) is 19.8 Å². The van der Waals surface area contributed by atoms with Gasteiger partial charge in [0.25, 0.3) is 0 Å². The molecule has 0 bridgehead atoms. The highest BCUT2D eigenvalue weighted by Crippen LogP contribution is 2.21. The zero-order valence-electron chi connectivity index (χ0n) is 13.4. The van der Waals surface area contributed by atoms with Gasteiger partial charge in [0.2, 0.25) is 5.91 Å². The summed E-state index contributed by atoms with van der Waals surface area (Å²) >= 11 is 1.71. The molecule has 1 saturated carbocycles. The van der Waals surface area contributed by atoms with Crippen molar-refractivity contribution in [1.82, 2.24) is 15.2 Å². The lowest BCUT2D eigenvalue weighted by Gasteiger charge is -2.34. The minimum absolute atomic E-state index is 0.199. The molecule has 1 N–H and O–H groups in total. The third kappa shape index (κ3) is 4.20. The smallest absolute Gasteiger partial charge is 0.234 e. The van der Waals surface area contributed by atoms with Crippen molar-refractivity contribution in [3.63, 3.8) is 0 Å². The highest BCUT2D eigenvalue weighted by Gasteiger charge is 2.22. The molecule has 2 aliphatic rings. The van der Waals surface area contributed by atoms with Crippen molar-refractivity contribution in [2.24, 2.45) is 0 Å². The Balaban J connectivity index is 1.40. The first kappa shape index (κ1) is 15.7. The first-order valence-corrected chi connectivity index (χ1v) is 9.27. The molecule has 5 nitrogen and oxygen atoms in total. The molecule has 1 aliphatic carbocycles. The van der Waals surface area contributed by atoms with E-state index < -0.39 is 0 Å². The molecule has 1 aromatic rings. The molecule has 0 radical (unpaired) electrons. The molecule has 2 heterocycles. The average molecular weight is 322 g/mol. The molecule has 1 amide bonds. The Morgan fingerprint density at radius 2 is 2.00 bits per heavy atom. The monoisotopic (exact) mass is 322 g/mol. The van der Waals surface area contributed by atoms with E-state index in [1.54, 1.807) is 11.3 Å². The van der Waals surface area contributed by atoms with Crippen molar-refractivity contribution >= 4 is 22.4 Å². The molecule has 122 valence electrons. The van der Waals surface area contributed by atoms with Gasteiger partial charge >= 0.3 is 0 Å². The fourth-order valence-electron chi connectivity index (χ4n) is 3.31. The lowest BCUT2D eigenvalue weighted by atomic mass is 9.95. The van der Waals surface area contributed by atoms with Crippen LogP contribution in [0, 0.1) is 6.92 Å². The van der Waals surface area contributed by atoms with E-state index in [1.165, 1.54) is 19.3 Å². The van der Waals surface area contributed by atoms with Crippen LogP contribution in [0.2, 0.25) is 0 Å². The minimum atomic E-state index is 0.199. The Labute approximate surface area is 136 Å². The molecule has 1 saturated heterocycles. The van der Waals surface area contributed by atoms with Crippen LogP contribution < -0.4 is 10.2 Å². The zero-order chi connectivity index (χ0) is 15.4. The number of amides is 1. The van der Waals surface area contributed by atoms with Gasteiger partial charge in [-0.25, -0.2) is 4.98 Å². The molecular weight excluding hydrogens is 296 g/mol. The van der Waals surface area contributed by atoms with Crippen LogP contribution in [0.4, 0.5) is 5.13 Å². The Hall–Kier alpha value is -1.14. The number of hydrogen-bond donors (Lipinski definition) is 1. The van der Waals surface area contributed by atoms with E-state index in [9.17, 15) is 4.79 Å². The van der Waals surface area contributed by atoms with Crippen LogP contribution in [0.15, 0.2) is 5.38 Å². The second-order valence-electron chi connectivity index (χ2n) is 6.44. The molecule has 0 spiro atoms. The molecule has 6 heteroatoms.